The van der Waals surface area contributed by atoms with E-state index in [1.54, 1.807) is 4.90 Å². The molecule has 2 aliphatic rings. The summed E-state index contributed by atoms with van der Waals surface area (Å²) in [7, 11) is 1.96. The van der Waals surface area contributed by atoms with Gasteiger partial charge in [0.25, 0.3) is 5.91 Å². The topological polar surface area (TPSA) is 45.6 Å². The van der Waals surface area contributed by atoms with Crippen molar-refractivity contribution < 1.29 is 9.59 Å². The van der Waals surface area contributed by atoms with Crippen LogP contribution in [0, 0.1) is 13.8 Å². The van der Waals surface area contributed by atoms with Crippen LogP contribution < -0.4 is 0 Å². The molecule has 3 rings (SSSR count). The van der Waals surface area contributed by atoms with Gasteiger partial charge in [-0.3, -0.25) is 9.59 Å². The van der Waals surface area contributed by atoms with Crippen molar-refractivity contribution in [2.75, 3.05) is 19.6 Å². The summed E-state index contributed by atoms with van der Waals surface area (Å²) in [5, 5.41) is 0. The Labute approximate surface area is 131 Å². The van der Waals surface area contributed by atoms with Crippen LogP contribution in [0.15, 0.2) is 6.07 Å². The van der Waals surface area contributed by atoms with E-state index in [0.29, 0.717) is 19.1 Å². The van der Waals surface area contributed by atoms with Crippen LogP contribution >= 0.6 is 0 Å². The summed E-state index contributed by atoms with van der Waals surface area (Å²) >= 11 is 0. The average molecular weight is 303 g/mol. The second-order valence-electron chi connectivity index (χ2n) is 6.60. The van der Waals surface area contributed by atoms with Crippen LogP contribution in [-0.2, 0) is 11.8 Å². The predicted molar refractivity (Wildman–Crippen MR) is 84.8 cm³/mol. The van der Waals surface area contributed by atoms with Crippen LogP contribution in [-0.4, -0.2) is 51.9 Å². The first-order valence-corrected chi connectivity index (χ1v) is 8.20. The third-order valence-corrected chi connectivity index (χ3v) is 5.32. The summed E-state index contributed by atoms with van der Waals surface area (Å²) in [5.41, 5.74) is 2.76. The highest BCUT2D eigenvalue weighted by atomic mass is 16.2. The van der Waals surface area contributed by atoms with Gasteiger partial charge in [0.1, 0.15) is 6.54 Å². The Bertz CT molecular complexity index is 599. The first kappa shape index (κ1) is 15.1. The van der Waals surface area contributed by atoms with Crippen molar-refractivity contribution in [2.24, 2.45) is 7.05 Å². The summed E-state index contributed by atoms with van der Waals surface area (Å²) in [4.78, 5) is 28.8. The van der Waals surface area contributed by atoms with Gasteiger partial charge >= 0.3 is 0 Å². The van der Waals surface area contributed by atoms with Crippen molar-refractivity contribution >= 4 is 11.8 Å². The van der Waals surface area contributed by atoms with Crippen molar-refractivity contribution in [1.82, 2.24) is 14.4 Å². The Morgan fingerprint density at radius 1 is 1.18 bits per heavy atom. The number of amides is 2. The number of carbonyl (C=O) groups is 2. The third-order valence-electron chi connectivity index (χ3n) is 5.32. The lowest BCUT2D eigenvalue weighted by Gasteiger charge is -2.37. The minimum absolute atomic E-state index is 0.0133. The van der Waals surface area contributed by atoms with Crippen LogP contribution in [0.2, 0.25) is 0 Å². The van der Waals surface area contributed by atoms with Gasteiger partial charge in [-0.2, -0.15) is 0 Å². The van der Waals surface area contributed by atoms with Gasteiger partial charge < -0.3 is 14.4 Å². The lowest BCUT2D eigenvalue weighted by atomic mass is 10.1. The Morgan fingerprint density at radius 2 is 1.86 bits per heavy atom. The zero-order chi connectivity index (χ0) is 15.9. The minimum atomic E-state index is -0.0133. The first-order valence-electron chi connectivity index (χ1n) is 8.20. The molecule has 1 aliphatic heterocycles. The second kappa shape index (κ2) is 5.78. The molecule has 1 saturated carbocycles. The Kier molecular flexibility index (Phi) is 3.98. The van der Waals surface area contributed by atoms with Gasteiger partial charge in [-0.25, -0.2) is 0 Å². The van der Waals surface area contributed by atoms with E-state index in [4.69, 9.17) is 0 Å². The van der Waals surface area contributed by atoms with Crippen molar-refractivity contribution in [2.45, 2.75) is 45.6 Å². The molecule has 2 amide bonds. The van der Waals surface area contributed by atoms with Gasteiger partial charge in [-0.1, -0.05) is 12.8 Å². The van der Waals surface area contributed by atoms with E-state index < -0.39 is 0 Å². The molecule has 1 aliphatic carbocycles. The molecule has 0 radical (unpaired) electrons. The quantitative estimate of drug-likeness (QED) is 0.837. The average Bonchev–Trinajstić information content (AvgIpc) is 3.11. The molecule has 1 aromatic rings. The zero-order valence-electron chi connectivity index (χ0n) is 13.8. The highest BCUT2D eigenvalue weighted by Crippen LogP contribution is 2.25. The highest BCUT2D eigenvalue weighted by Gasteiger charge is 2.33. The highest BCUT2D eigenvalue weighted by molar-refractivity contribution is 5.98. The van der Waals surface area contributed by atoms with E-state index in [-0.39, 0.29) is 18.4 Å². The molecule has 0 spiro atoms. The fourth-order valence-corrected chi connectivity index (χ4v) is 3.70. The van der Waals surface area contributed by atoms with Crippen molar-refractivity contribution in [3.8, 4) is 0 Å². The molecule has 5 heteroatoms. The molecule has 0 unspecified atom stereocenters. The largest absolute Gasteiger partial charge is 0.351 e. The number of carbonyl (C=O) groups excluding carboxylic acids is 2. The van der Waals surface area contributed by atoms with Crippen LogP contribution in [0.1, 0.15) is 47.4 Å². The van der Waals surface area contributed by atoms with Crippen molar-refractivity contribution in [1.29, 1.82) is 0 Å². The Morgan fingerprint density at radius 3 is 2.41 bits per heavy atom. The normalized spacial score (nSPS) is 20.0. The number of hydrogen-bond donors (Lipinski definition) is 0. The molecular formula is C17H25N3O2. The van der Waals surface area contributed by atoms with Gasteiger partial charge in [-0.15, -0.1) is 0 Å². The van der Waals surface area contributed by atoms with Gasteiger partial charge in [0, 0.05) is 37.6 Å². The van der Waals surface area contributed by atoms with Crippen molar-refractivity contribution in [3.63, 3.8) is 0 Å². The summed E-state index contributed by atoms with van der Waals surface area (Å²) in [6.45, 7) is 5.50. The standard InChI is InChI=1S/C17H25N3O2/c1-12-10-15(13(2)18(12)3)17(22)19-8-9-20(16(21)11-19)14-6-4-5-7-14/h10,14H,4-9,11H2,1-3H3. The number of aryl methyl sites for hydroxylation is 1. The molecule has 0 aromatic carbocycles. The van der Waals surface area contributed by atoms with E-state index in [2.05, 4.69) is 0 Å². The SMILES string of the molecule is Cc1cc(C(=O)N2CCN(C3CCCC3)C(=O)C2)c(C)n1C. The minimum Gasteiger partial charge on any atom is -0.351 e. The number of aromatic nitrogens is 1. The zero-order valence-corrected chi connectivity index (χ0v) is 13.8. The van der Waals surface area contributed by atoms with Crippen LogP contribution in [0.3, 0.4) is 0 Å². The van der Waals surface area contributed by atoms with Gasteiger partial charge in [0.15, 0.2) is 0 Å². The lowest BCUT2D eigenvalue weighted by Crippen LogP contribution is -2.54. The van der Waals surface area contributed by atoms with Crippen LogP contribution in [0.4, 0.5) is 0 Å². The monoisotopic (exact) mass is 303 g/mol. The first-order chi connectivity index (χ1) is 10.5. The number of piperazine rings is 1. The molecule has 0 N–H and O–H groups in total. The van der Waals surface area contributed by atoms with Crippen LogP contribution in [0.5, 0.6) is 0 Å². The maximum atomic E-state index is 12.7. The molecule has 5 nitrogen and oxygen atoms in total. The maximum absolute atomic E-state index is 12.7. The van der Waals surface area contributed by atoms with Crippen molar-refractivity contribution in [3.05, 3.63) is 23.0 Å². The molecule has 2 fully saturated rings. The molecular weight excluding hydrogens is 278 g/mol. The molecule has 0 bridgehead atoms. The fraction of sp³-hybridized carbons (Fsp3) is 0.647. The van der Waals surface area contributed by atoms with Gasteiger partial charge in [-0.05, 0) is 32.8 Å². The summed E-state index contributed by atoms with van der Waals surface area (Å²) in [6.07, 6.45) is 4.69. The van der Waals surface area contributed by atoms with Gasteiger partial charge in [0.05, 0.1) is 5.56 Å². The molecule has 120 valence electrons. The summed E-state index contributed by atoms with van der Waals surface area (Å²) < 4.78 is 2.02. The Balaban J connectivity index is 1.70. The summed E-state index contributed by atoms with van der Waals surface area (Å²) in [6, 6.07) is 2.33. The van der Waals surface area contributed by atoms with E-state index in [1.165, 1.54) is 12.8 Å². The number of hydrogen-bond acceptors (Lipinski definition) is 2. The molecule has 22 heavy (non-hydrogen) atoms. The number of rotatable bonds is 2. The summed E-state index contributed by atoms with van der Waals surface area (Å²) in [5.74, 6) is 0.0948. The molecule has 2 heterocycles. The Hall–Kier alpha value is -1.78. The van der Waals surface area contributed by atoms with E-state index in [9.17, 15) is 9.59 Å². The van der Waals surface area contributed by atoms with Crippen LogP contribution in [0.25, 0.3) is 0 Å². The lowest BCUT2D eigenvalue weighted by molar-refractivity contribution is -0.137. The third kappa shape index (κ3) is 2.53. The molecule has 0 atom stereocenters. The van der Waals surface area contributed by atoms with E-state index in [1.807, 2.05) is 36.4 Å². The maximum Gasteiger partial charge on any atom is 0.256 e. The smallest absolute Gasteiger partial charge is 0.256 e. The molecule has 1 saturated heterocycles. The van der Waals surface area contributed by atoms with E-state index >= 15 is 0 Å². The van der Waals surface area contributed by atoms with E-state index in [0.717, 1.165) is 29.8 Å². The molecule has 1 aromatic heterocycles. The number of nitrogens with zero attached hydrogens (tertiary/aromatic N) is 3. The predicted octanol–water partition coefficient (Wildman–Crippen LogP) is 1.87. The fourth-order valence-electron chi connectivity index (χ4n) is 3.70. The van der Waals surface area contributed by atoms with Gasteiger partial charge in [0.2, 0.25) is 5.91 Å². The second-order valence-corrected chi connectivity index (χ2v) is 6.60.